The molecule has 0 aliphatic carbocycles. The fourth-order valence-electron chi connectivity index (χ4n) is 1.25. The third-order valence-electron chi connectivity index (χ3n) is 1.97. The minimum Gasteiger partial charge on any atom is -0.504 e. The number of aromatic hydroxyl groups is 1. The van der Waals surface area contributed by atoms with E-state index >= 15 is 0 Å². The first kappa shape index (κ1) is 13.4. The summed E-state index contributed by atoms with van der Waals surface area (Å²) in [5, 5.41) is 13.5. The van der Waals surface area contributed by atoms with Crippen LogP contribution in [0.25, 0.3) is 0 Å². The number of hydrogen-bond donors (Lipinski definition) is 2. The predicted molar refractivity (Wildman–Crippen MR) is 69.4 cm³/mol. The number of benzene rings is 1. The molecule has 0 spiro atoms. The van der Waals surface area contributed by atoms with Crippen LogP contribution in [0.1, 0.15) is 5.56 Å². The fourth-order valence-corrected chi connectivity index (χ4v) is 1.68. The molecular formula is C11H13BrClNO2. The summed E-state index contributed by atoms with van der Waals surface area (Å²) in [6.45, 7) is 4.81. The predicted octanol–water partition coefficient (Wildman–Crippen LogP) is 3.05. The van der Waals surface area contributed by atoms with Gasteiger partial charge < -0.3 is 15.2 Å². The van der Waals surface area contributed by atoms with Crippen LogP contribution in [0, 0.1) is 0 Å². The highest BCUT2D eigenvalue weighted by Gasteiger charge is 2.09. The van der Waals surface area contributed by atoms with E-state index in [0.717, 1.165) is 4.48 Å². The molecule has 0 heterocycles. The van der Waals surface area contributed by atoms with Crippen LogP contribution in [0.2, 0.25) is 5.02 Å². The van der Waals surface area contributed by atoms with Crippen molar-refractivity contribution in [3.05, 3.63) is 33.8 Å². The third-order valence-corrected chi connectivity index (χ3v) is 2.47. The molecule has 1 aromatic carbocycles. The summed E-state index contributed by atoms with van der Waals surface area (Å²) in [5.41, 5.74) is 0.693. The first-order chi connectivity index (χ1) is 7.54. The van der Waals surface area contributed by atoms with E-state index in [1.807, 2.05) is 0 Å². The van der Waals surface area contributed by atoms with Crippen LogP contribution in [0.4, 0.5) is 0 Å². The van der Waals surface area contributed by atoms with E-state index in [0.29, 0.717) is 29.4 Å². The van der Waals surface area contributed by atoms with Crippen molar-refractivity contribution < 1.29 is 9.84 Å². The topological polar surface area (TPSA) is 41.5 Å². The molecule has 0 aliphatic heterocycles. The van der Waals surface area contributed by atoms with Gasteiger partial charge in [-0.05, 0) is 6.07 Å². The highest BCUT2D eigenvalue weighted by atomic mass is 79.9. The van der Waals surface area contributed by atoms with Gasteiger partial charge in [-0.3, -0.25) is 0 Å². The molecule has 0 saturated heterocycles. The largest absolute Gasteiger partial charge is 0.504 e. The molecule has 2 N–H and O–H groups in total. The van der Waals surface area contributed by atoms with Crippen LogP contribution >= 0.6 is 27.5 Å². The normalized spacial score (nSPS) is 10.2. The molecule has 3 nitrogen and oxygen atoms in total. The van der Waals surface area contributed by atoms with Crippen LogP contribution in [-0.2, 0) is 6.54 Å². The number of phenols is 1. The monoisotopic (exact) mass is 305 g/mol. The molecule has 0 fully saturated rings. The van der Waals surface area contributed by atoms with Gasteiger partial charge in [0.2, 0.25) is 0 Å². The van der Waals surface area contributed by atoms with Gasteiger partial charge in [0, 0.05) is 34.2 Å². The molecule has 16 heavy (non-hydrogen) atoms. The summed E-state index contributed by atoms with van der Waals surface area (Å²) in [6.07, 6.45) is 0. The Balaban J connectivity index is 2.78. The number of phenolic OH excluding ortho intramolecular Hbond substituents is 1. The summed E-state index contributed by atoms with van der Waals surface area (Å²) < 4.78 is 5.85. The SMILES string of the molecule is C=C(Br)CNCc1cc(Cl)cc(OC)c1O. The Kier molecular flexibility index (Phi) is 5.12. The van der Waals surface area contributed by atoms with Crippen molar-refractivity contribution in [2.75, 3.05) is 13.7 Å². The molecule has 5 heteroatoms. The zero-order valence-corrected chi connectivity index (χ0v) is 11.2. The van der Waals surface area contributed by atoms with Crippen LogP contribution in [0.5, 0.6) is 11.5 Å². The molecule has 0 aliphatic rings. The van der Waals surface area contributed by atoms with Crippen molar-refractivity contribution in [2.45, 2.75) is 6.54 Å². The summed E-state index contributed by atoms with van der Waals surface area (Å²) in [6, 6.07) is 3.27. The van der Waals surface area contributed by atoms with Crippen molar-refractivity contribution >= 4 is 27.5 Å². The molecule has 0 radical (unpaired) electrons. The Bertz CT molecular complexity index is 396. The number of ether oxygens (including phenoxy) is 1. The first-order valence-electron chi connectivity index (χ1n) is 4.64. The van der Waals surface area contributed by atoms with Crippen molar-refractivity contribution in [2.24, 2.45) is 0 Å². The maximum absolute atomic E-state index is 9.82. The molecule has 1 aromatic rings. The fraction of sp³-hybridized carbons (Fsp3) is 0.273. The maximum Gasteiger partial charge on any atom is 0.162 e. The lowest BCUT2D eigenvalue weighted by Gasteiger charge is -2.10. The quantitative estimate of drug-likeness (QED) is 0.878. The molecule has 1 rings (SSSR count). The van der Waals surface area contributed by atoms with Crippen LogP contribution in [0.3, 0.4) is 0 Å². The summed E-state index contributed by atoms with van der Waals surface area (Å²) in [7, 11) is 1.49. The minimum absolute atomic E-state index is 0.111. The van der Waals surface area contributed by atoms with E-state index < -0.39 is 0 Å². The average molecular weight is 307 g/mol. The molecule has 0 unspecified atom stereocenters. The third kappa shape index (κ3) is 3.70. The Hall–Kier alpha value is -0.710. The molecule has 0 saturated carbocycles. The van der Waals surface area contributed by atoms with Gasteiger partial charge in [-0.2, -0.15) is 0 Å². The second-order valence-electron chi connectivity index (χ2n) is 3.24. The summed E-state index contributed by atoms with van der Waals surface area (Å²) in [4.78, 5) is 0. The van der Waals surface area contributed by atoms with E-state index in [9.17, 15) is 5.11 Å². The Morgan fingerprint density at radius 1 is 1.62 bits per heavy atom. The smallest absolute Gasteiger partial charge is 0.162 e. The Labute approximate surface area is 108 Å². The first-order valence-corrected chi connectivity index (χ1v) is 5.81. The van der Waals surface area contributed by atoms with Crippen LogP contribution in [0.15, 0.2) is 23.2 Å². The summed E-state index contributed by atoms with van der Waals surface area (Å²) in [5.74, 6) is 0.488. The number of hydrogen-bond acceptors (Lipinski definition) is 3. The van der Waals surface area contributed by atoms with Crippen molar-refractivity contribution in [3.63, 3.8) is 0 Å². The summed E-state index contributed by atoms with van der Waals surface area (Å²) >= 11 is 9.14. The molecular weight excluding hydrogens is 293 g/mol. The number of halogens is 2. The molecule has 0 aromatic heterocycles. The van der Waals surface area contributed by atoms with Gasteiger partial charge in [0.15, 0.2) is 11.5 Å². The van der Waals surface area contributed by atoms with Crippen molar-refractivity contribution in [1.29, 1.82) is 0 Å². The zero-order chi connectivity index (χ0) is 12.1. The van der Waals surface area contributed by atoms with E-state index in [1.54, 1.807) is 12.1 Å². The van der Waals surface area contributed by atoms with Gasteiger partial charge in [-0.25, -0.2) is 0 Å². The molecule has 88 valence electrons. The van der Waals surface area contributed by atoms with Gasteiger partial charge >= 0.3 is 0 Å². The standard InChI is InChI=1S/C11H13BrClNO2/c1-7(12)5-14-6-8-3-9(13)4-10(16-2)11(8)15/h3-4,14-15H,1,5-6H2,2H3. The Morgan fingerprint density at radius 2 is 2.31 bits per heavy atom. The second-order valence-corrected chi connectivity index (χ2v) is 4.79. The van der Waals surface area contributed by atoms with Gasteiger partial charge in [0.1, 0.15) is 0 Å². The number of rotatable bonds is 5. The van der Waals surface area contributed by atoms with Gasteiger partial charge in [-0.15, -0.1) is 0 Å². The van der Waals surface area contributed by atoms with Crippen LogP contribution in [-0.4, -0.2) is 18.8 Å². The minimum atomic E-state index is 0.111. The Morgan fingerprint density at radius 3 is 2.88 bits per heavy atom. The highest BCUT2D eigenvalue weighted by molar-refractivity contribution is 9.11. The number of methoxy groups -OCH3 is 1. The number of nitrogens with one attached hydrogen (secondary N) is 1. The van der Waals surface area contributed by atoms with Crippen molar-refractivity contribution in [1.82, 2.24) is 5.32 Å². The molecule has 0 bridgehead atoms. The van der Waals surface area contributed by atoms with E-state index in [2.05, 4.69) is 27.8 Å². The second kappa shape index (κ2) is 6.13. The van der Waals surface area contributed by atoms with Gasteiger partial charge in [-0.1, -0.05) is 34.1 Å². The van der Waals surface area contributed by atoms with E-state index in [1.165, 1.54) is 7.11 Å². The van der Waals surface area contributed by atoms with Gasteiger partial charge in [0.25, 0.3) is 0 Å². The average Bonchev–Trinajstić information content (AvgIpc) is 2.22. The highest BCUT2D eigenvalue weighted by Crippen LogP contribution is 2.33. The lowest BCUT2D eigenvalue weighted by Crippen LogP contribution is -2.14. The molecule has 0 amide bonds. The van der Waals surface area contributed by atoms with Crippen molar-refractivity contribution in [3.8, 4) is 11.5 Å². The van der Waals surface area contributed by atoms with Crippen LogP contribution < -0.4 is 10.1 Å². The van der Waals surface area contributed by atoms with E-state index in [-0.39, 0.29) is 5.75 Å². The van der Waals surface area contributed by atoms with E-state index in [4.69, 9.17) is 16.3 Å². The lowest BCUT2D eigenvalue weighted by molar-refractivity contribution is 0.370. The lowest BCUT2D eigenvalue weighted by atomic mass is 10.2. The zero-order valence-electron chi connectivity index (χ0n) is 8.89. The maximum atomic E-state index is 9.82. The molecule has 0 atom stereocenters. The van der Waals surface area contributed by atoms with Gasteiger partial charge in [0.05, 0.1) is 7.11 Å².